The van der Waals surface area contributed by atoms with E-state index in [0.717, 1.165) is 18.7 Å². The second-order valence-electron chi connectivity index (χ2n) is 6.57. The van der Waals surface area contributed by atoms with Crippen LogP contribution in [0.5, 0.6) is 0 Å². The van der Waals surface area contributed by atoms with Crippen LogP contribution in [-0.2, 0) is 6.54 Å². The van der Waals surface area contributed by atoms with Gasteiger partial charge in [-0.25, -0.2) is 0 Å². The molecular formula is C20H18Cl2N4O2. The Balaban J connectivity index is 1.34. The van der Waals surface area contributed by atoms with Gasteiger partial charge in [0, 0.05) is 42.3 Å². The minimum Gasteiger partial charge on any atom is -0.338 e. The molecule has 4 rings (SSSR count). The number of nitrogens with zero attached hydrogens (tertiary/aromatic N) is 4. The van der Waals surface area contributed by atoms with Gasteiger partial charge in [-0.05, 0) is 36.4 Å². The van der Waals surface area contributed by atoms with E-state index >= 15 is 0 Å². The van der Waals surface area contributed by atoms with Crippen molar-refractivity contribution in [1.82, 2.24) is 19.9 Å². The van der Waals surface area contributed by atoms with Crippen molar-refractivity contribution in [3.05, 3.63) is 70.0 Å². The molecule has 0 aliphatic carbocycles. The first-order valence-corrected chi connectivity index (χ1v) is 9.70. The van der Waals surface area contributed by atoms with Gasteiger partial charge in [-0.2, -0.15) is 4.98 Å². The predicted molar refractivity (Wildman–Crippen MR) is 107 cm³/mol. The fourth-order valence-electron chi connectivity index (χ4n) is 3.15. The number of halogens is 2. The van der Waals surface area contributed by atoms with Gasteiger partial charge < -0.3 is 9.42 Å². The number of carbonyl (C=O) groups is 1. The van der Waals surface area contributed by atoms with Crippen LogP contribution in [0.1, 0.15) is 16.2 Å². The summed E-state index contributed by atoms with van der Waals surface area (Å²) in [6, 6.07) is 14.4. The fraction of sp³-hybridized carbons (Fsp3) is 0.250. The van der Waals surface area contributed by atoms with E-state index in [9.17, 15) is 4.79 Å². The Hall–Kier alpha value is -2.41. The van der Waals surface area contributed by atoms with E-state index in [1.165, 1.54) is 0 Å². The molecule has 3 aromatic rings. The lowest BCUT2D eigenvalue weighted by Crippen LogP contribution is -2.48. The summed E-state index contributed by atoms with van der Waals surface area (Å²) in [5.74, 6) is 1.04. The summed E-state index contributed by atoms with van der Waals surface area (Å²) in [6.45, 7) is 3.31. The van der Waals surface area contributed by atoms with Gasteiger partial charge in [0.15, 0.2) is 0 Å². The highest BCUT2D eigenvalue weighted by Crippen LogP contribution is 2.25. The maximum Gasteiger partial charge on any atom is 0.253 e. The van der Waals surface area contributed by atoms with Crippen LogP contribution >= 0.6 is 23.2 Å². The van der Waals surface area contributed by atoms with Crippen LogP contribution in [0.3, 0.4) is 0 Å². The molecule has 0 unspecified atom stereocenters. The minimum absolute atomic E-state index is 0.0233. The summed E-state index contributed by atoms with van der Waals surface area (Å²) in [5, 5.41) is 5.24. The number of benzene rings is 2. The van der Waals surface area contributed by atoms with Crippen LogP contribution in [0.25, 0.3) is 11.4 Å². The molecule has 0 bridgehead atoms. The number of rotatable bonds is 4. The fourth-order valence-corrected chi connectivity index (χ4v) is 3.49. The molecule has 1 aliphatic rings. The van der Waals surface area contributed by atoms with E-state index in [0.29, 0.717) is 47.0 Å². The number of amides is 1. The highest BCUT2D eigenvalue weighted by atomic mass is 35.5. The quantitative estimate of drug-likeness (QED) is 0.642. The third kappa shape index (κ3) is 4.19. The molecule has 2 heterocycles. The van der Waals surface area contributed by atoms with Crippen LogP contribution in [-0.4, -0.2) is 52.0 Å². The van der Waals surface area contributed by atoms with Gasteiger partial charge in [0.2, 0.25) is 11.7 Å². The van der Waals surface area contributed by atoms with E-state index in [1.807, 2.05) is 23.1 Å². The molecule has 1 fully saturated rings. The second-order valence-corrected chi connectivity index (χ2v) is 7.41. The molecule has 8 heteroatoms. The summed E-state index contributed by atoms with van der Waals surface area (Å²) in [4.78, 5) is 21.1. The van der Waals surface area contributed by atoms with Crippen molar-refractivity contribution < 1.29 is 9.32 Å². The van der Waals surface area contributed by atoms with Gasteiger partial charge in [-0.1, -0.05) is 40.5 Å². The molecule has 0 N–H and O–H groups in total. The van der Waals surface area contributed by atoms with Gasteiger partial charge in [0.25, 0.3) is 5.91 Å². The smallest absolute Gasteiger partial charge is 0.253 e. The van der Waals surface area contributed by atoms with Crippen molar-refractivity contribution >= 4 is 29.1 Å². The minimum atomic E-state index is 0.0233. The number of hydrogen-bond acceptors (Lipinski definition) is 5. The summed E-state index contributed by atoms with van der Waals surface area (Å²) in [5.41, 5.74) is 1.40. The Morgan fingerprint density at radius 1 is 1.00 bits per heavy atom. The third-order valence-electron chi connectivity index (χ3n) is 4.69. The molecule has 0 radical (unpaired) electrons. The van der Waals surface area contributed by atoms with Gasteiger partial charge in [-0.15, -0.1) is 0 Å². The van der Waals surface area contributed by atoms with Crippen LogP contribution in [0.15, 0.2) is 53.1 Å². The average Bonchev–Trinajstić information content (AvgIpc) is 3.17. The van der Waals surface area contributed by atoms with E-state index in [4.69, 9.17) is 27.7 Å². The van der Waals surface area contributed by atoms with Crippen LogP contribution in [0.2, 0.25) is 10.0 Å². The molecular weight excluding hydrogens is 399 g/mol. The van der Waals surface area contributed by atoms with Gasteiger partial charge in [-0.3, -0.25) is 9.69 Å². The van der Waals surface area contributed by atoms with Crippen LogP contribution in [0, 0.1) is 0 Å². The van der Waals surface area contributed by atoms with Gasteiger partial charge >= 0.3 is 0 Å². The zero-order valence-electron chi connectivity index (χ0n) is 15.0. The second kappa shape index (κ2) is 8.31. The topological polar surface area (TPSA) is 62.5 Å². The normalized spacial score (nSPS) is 15.0. The van der Waals surface area contributed by atoms with Crippen molar-refractivity contribution in [1.29, 1.82) is 0 Å². The zero-order chi connectivity index (χ0) is 19.5. The first-order valence-electron chi connectivity index (χ1n) is 8.95. The van der Waals surface area contributed by atoms with E-state index < -0.39 is 0 Å². The lowest BCUT2D eigenvalue weighted by Gasteiger charge is -2.34. The van der Waals surface area contributed by atoms with Crippen molar-refractivity contribution in [2.75, 3.05) is 26.2 Å². The maximum absolute atomic E-state index is 12.6. The monoisotopic (exact) mass is 416 g/mol. The molecule has 1 amide bonds. The molecule has 28 heavy (non-hydrogen) atoms. The molecule has 2 aromatic carbocycles. The first kappa shape index (κ1) is 18.9. The third-order valence-corrected chi connectivity index (χ3v) is 5.27. The summed E-state index contributed by atoms with van der Waals surface area (Å²) >= 11 is 12.1. The first-order chi connectivity index (χ1) is 13.6. The molecule has 6 nitrogen and oxygen atoms in total. The molecule has 1 aliphatic heterocycles. The number of carbonyl (C=O) groups excluding carboxylic acids is 1. The maximum atomic E-state index is 12.6. The van der Waals surface area contributed by atoms with Crippen molar-refractivity contribution in [3.63, 3.8) is 0 Å². The Morgan fingerprint density at radius 3 is 2.43 bits per heavy atom. The largest absolute Gasteiger partial charge is 0.338 e. The van der Waals surface area contributed by atoms with Crippen molar-refractivity contribution in [2.24, 2.45) is 0 Å². The van der Waals surface area contributed by atoms with E-state index in [-0.39, 0.29) is 5.91 Å². The Labute approximate surface area is 172 Å². The standard InChI is InChI=1S/C20H18Cl2N4O2/c21-15-7-5-14(6-8-15)20(27)26-11-9-25(10-12-26)13-18-23-19(24-28-18)16-3-1-2-4-17(16)22/h1-8H,9-13H2. The highest BCUT2D eigenvalue weighted by molar-refractivity contribution is 6.33. The summed E-state index contributed by atoms with van der Waals surface area (Å²) in [7, 11) is 0. The van der Waals surface area contributed by atoms with E-state index in [2.05, 4.69) is 15.0 Å². The Kier molecular flexibility index (Phi) is 5.62. The Morgan fingerprint density at radius 2 is 1.71 bits per heavy atom. The molecule has 1 saturated heterocycles. The highest BCUT2D eigenvalue weighted by Gasteiger charge is 2.23. The number of piperazine rings is 1. The van der Waals surface area contributed by atoms with Crippen LogP contribution in [0.4, 0.5) is 0 Å². The van der Waals surface area contributed by atoms with Crippen LogP contribution < -0.4 is 0 Å². The number of hydrogen-bond donors (Lipinski definition) is 0. The summed E-state index contributed by atoms with van der Waals surface area (Å²) < 4.78 is 5.38. The van der Waals surface area contributed by atoms with Gasteiger partial charge in [0.1, 0.15) is 0 Å². The van der Waals surface area contributed by atoms with E-state index in [1.54, 1.807) is 30.3 Å². The summed E-state index contributed by atoms with van der Waals surface area (Å²) in [6.07, 6.45) is 0. The average molecular weight is 417 g/mol. The predicted octanol–water partition coefficient (Wildman–Crippen LogP) is 4.00. The molecule has 1 aromatic heterocycles. The molecule has 0 spiro atoms. The molecule has 0 atom stereocenters. The van der Waals surface area contributed by atoms with Gasteiger partial charge in [0.05, 0.1) is 11.6 Å². The lowest BCUT2D eigenvalue weighted by atomic mass is 10.2. The van der Waals surface area contributed by atoms with Crippen molar-refractivity contribution in [3.8, 4) is 11.4 Å². The Bertz CT molecular complexity index is 966. The molecule has 0 saturated carbocycles. The zero-order valence-corrected chi connectivity index (χ0v) is 16.5. The van der Waals surface area contributed by atoms with Crippen molar-refractivity contribution in [2.45, 2.75) is 6.54 Å². The molecule has 144 valence electrons. The number of aromatic nitrogens is 2. The SMILES string of the molecule is O=C(c1ccc(Cl)cc1)N1CCN(Cc2nc(-c3ccccc3Cl)no2)CC1. The lowest BCUT2D eigenvalue weighted by molar-refractivity contribution is 0.0615.